The van der Waals surface area contributed by atoms with Gasteiger partial charge in [-0.1, -0.05) is 18.2 Å². The van der Waals surface area contributed by atoms with Crippen LogP contribution in [0.3, 0.4) is 0 Å². The van der Waals surface area contributed by atoms with Crippen LogP contribution in [0.1, 0.15) is 35.8 Å². The Labute approximate surface area is 116 Å². The lowest BCUT2D eigenvalue weighted by Gasteiger charge is -2.31. The van der Waals surface area contributed by atoms with E-state index in [9.17, 15) is 9.59 Å². The van der Waals surface area contributed by atoms with Crippen molar-refractivity contribution in [3.63, 3.8) is 0 Å². The summed E-state index contributed by atoms with van der Waals surface area (Å²) in [5.41, 5.74) is 0.547. The topological polar surface area (TPSA) is 42.3 Å². The van der Waals surface area contributed by atoms with Crippen molar-refractivity contribution in [3.8, 4) is 0 Å². The van der Waals surface area contributed by atoms with E-state index in [0.717, 1.165) is 37.7 Å². The Hall–Kier alpha value is -2.10. The van der Waals surface area contributed by atoms with Gasteiger partial charge < -0.3 is 9.47 Å². The largest absolute Gasteiger partial charge is 0.337 e. The highest BCUT2D eigenvalue weighted by atomic mass is 16.2. The number of benzene rings is 1. The zero-order valence-electron chi connectivity index (χ0n) is 11.2. The second-order valence-corrected chi connectivity index (χ2v) is 5.67. The molecule has 4 heteroatoms. The van der Waals surface area contributed by atoms with E-state index in [1.54, 1.807) is 4.57 Å². The Morgan fingerprint density at radius 3 is 2.55 bits per heavy atom. The average Bonchev–Trinajstić information content (AvgIpc) is 3.21. The predicted octanol–water partition coefficient (Wildman–Crippen LogP) is 2.18. The van der Waals surface area contributed by atoms with Crippen LogP contribution in [0.15, 0.2) is 35.1 Å². The van der Waals surface area contributed by atoms with Crippen LogP contribution in [-0.2, 0) is 0 Å². The average molecular weight is 268 g/mol. The molecule has 4 nitrogen and oxygen atoms in total. The maximum absolute atomic E-state index is 12.7. The first-order valence-corrected chi connectivity index (χ1v) is 7.19. The minimum Gasteiger partial charge on any atom is -0.337 e. The molecule has 0 radical (unpaired) electrons. The lowest BCUT2D eigenvalue weighted by Crippen LogP contribution is -2.44. The molecule has 2 heterocycles. The Kier molecular flexibility index (Phi) is 2.46. The smallest absolute Gasteiger partial charge is 0.270 e. The van der Waals surface area contributed by atoms with E-state index in [-0.39, 0.29) is 17.5 Å². The van der Waals surface area contributed by atoms with E-state index >= 15 is 0 Å². The number of rotatable bonds is 2. The van der Waals surface area contributed by atoms with Crippen LogP contribution in [0, 0.1) is 0 Å². The van der Waals surface area contributed by atoms with Crippen molar-refractivity contribution in [1.82, 2.24) is 9.47 Å². The van der Waals surface area contributed by atoms with Crippen molar-refractivity contribution in [1.29, 1.82) is 0 Å². The molecule has 0 unspecified atom stereocenters. The van der Waals surface area contributed by atoms with Crippen LogP contribution >= 0.6 is 0 Å². The molecule has 0 N–H and O–H groups in total. The van der Waals surface area contributed by atoms with E-state index in [1.807, 2.05) is 35.2 Å². The number of hydrogen-bond acceptors (Lipinski definition) is 2. The number of amides is 1. The van der Waals surface area contributed by atoms with Gasteiger partial charge in [-0.25, -0.2) is 0 Å². The molecule has 1 aromatic carbocycles. The highest BCUT2D eigenvalue weighted by Gasteiger charge is 2.32. The summed E-state index contributed by atoms with van der Waals surface area (Å²) in [7, 11) is 0. The van der Waals surface area contributed by atoms with Crippen molar-refractivity contribution in [3.05, 3.63) is 46.4 Å². The molecule has 1 aliphatic carbocycles. The lowest BCUT2D eigenvalue weighted by molar-refractivity contribution is 0.0639. The van der Waals surface area contributed by atoms with Gasteiger partial charge in [0.25, 0.3) is 11.5 Å². The Balaban J connectivity index is 1.95. The van der Waals surface area contributed by atoms with Gasteiger partial charge in [-0.15, -0.1) is 0 Å². The number of hydrogen-bond donors (Lipinski definition) is 0. The van der Waals surface area contributed by atoms with Gasteiger partial charge in [0, 0.05) is 24.5 Å². The molecule has 2 aromatic rings. The van der Waals surface area contributed by atoms with Gasteiger partial charge in [0.1, 0.15) is 5.69 Å². The monoisotopic (exact) mass is 268 g/mol. The molecule has 2 aliphatic rings. The van der Waals surface area contributed by atoms with Gasteiger partial charge >= 0.3 is 0 Å². The summed E-state index contributed by atoms with van der Waals surface area (Å²) < 4.78 is 1.73. The molecule has 0 bridgehead atoms. The van der Waals surface area contributed by atoms with E-state index in [4.69, 9.17) is 0 Å². The van der Waals surface area contributed by atoms with Gasteiger partial charge in [0.2, 0.25) is 0 Å². The second kappa shape index (κ2) is 4.20. The van der Waals surface area contributed by atoms with Gasteiger partial charge in [-0.2, -0.15) is 0 Å². The summed E-state index contributed by atoms with van der Waals surface area (Å²) >= 11 is 0. The summed E-state index contributed by atoms with van der Waals surface area (Å²) in [6.07, 6.45) is 3.06. The lowest BCUT2D eigenvalue weighted by atomic mass is 10.1. The molecule has 102 valence electrons. The van der Waals surface area contributed by atoms with Gasteiger partial charge in [-0.05, 0) is 36.8 Å². The first kappa shape index (κ1) is 11.7. The van der Waals surface area contributed by atoms with E-state index in [2.05, 4.69) is 0 Å². The number of aromatic nitrogens is 1. The number of nitrogens with zero attached hydrogens (tertiary/aromatic N) is 2. The number of carbonyl (C=O) groups is 1. The standard InChI is InChI=1S/C16H16N2O2/c19-15-13-5-2-1-4-11(13)10-14(18(15)12-6-7-12)16(20)17-8-3-9-17/h1-2,4-5,10,12H,3,6-9H2. The molecule has 2 fully saturated rings. The predicted molar refractivity (Wildman–Crippen MR) is 77.0 cm³/mol. The van der Waals surface area contributed by atoms with Crippen molar-refractivity contribution in [2.45, 2.75) is 25.3 Å². The molecular formula is C16H16N2O2. The summed E-state index contributed by atoms with van der Waals surface area (Å²) in [5, 5.41) is 1.57. The Morgan fingerprint density at radius 2 is 1.90 bits per heavy atom. The molecule has 1 aromatic heterocycles. The Bertz CT molecular complexity index is 755. The van der Waals surface area contributed by atoms with Crippen LogP contribution in [0.4, 0.5) is 0 Å². The molecule has 1 saturated carbocycles. The first-order valence-electron chi connectivity index (χ1n) is 7.19. The van der Waals surface area contributed by atoms with E-state index in [0.29, 0.717) is 11.1 Å². The van der Waals surface area contributed by atoms with Gasteiger partial charge in [0.05, 0.1) is 0 Å². The van der Waals surface area contributed by atoms with Crippen LogP contribution in [-0.4, -0.2) is 28.5 Å². The fraction of sp³-hybridized carbons (Fsp3) is 0.375. The summed E-state index contributed by atoms with van der Waals surface area (Å²) in [5.74, 6) is 0.00556. The van der Waals surface area contributed by atoms with Crippen LogP contribution in [0.25, 0.3) is 10.8 Å². The summed E-state index contributed by atoms with van der Waals surface area (Å²) in [4.78, 5) is 27.0. The zero-order valence-corrected chi connectivity index (χ0v) is 11.2. The fourth-order valence-corrected chi connectivity index (χ4v) is 2.81. The third-order valence-corrected chi connectivity index (χ3v) is 4.24. The SMILES string of the molecule is O=C(c1cc2ccccc2c(=O)n1C1CC1)N1CCC1. The molecule has 20 heavy (non-hydrogen) atoms. The third kappa shape index (κ3) is 1.68. The van der Waals surface area contributed by atoms with Crippen molar-refractivity contribution >= 4 is 16.7 Å². The van der Waals surface area contributed by atoms with E-state index < -0.39 is 0 Å². The molecule has 1 aliphatic heterocycles. The highest BCUT2D eigenvalue weighted by Crippen LogP contribution is 2.35. The fourth-order valence-electron chi connectivity index (χ4n) is 2.81. The molecule has 4 rings (SSSR count). The van der Waals surface area contributed by atoms with Crippen molar-refractivity contribution in [2.75, 3.05) is 13.1 Å². The van der Waals surface area contributed by atoms with Gasteiger partial charge in [-0.3, -0.25) is 9.59 Å². The molecular weight excluding hydrogens is 252 g/mol. The van der Waals surface area contributed by atoms with Crippen molar-refractivity contribution in [2.24, 2.45) is 0 Å². The zero-order chi connectivity index (χ0) is 13.7. The quantitative estimate of drug-likeness (QED) is 0.837. The van der Waals surface area contributed by atoms with E-state index in [1.165, 1.54) is 0 Å². The molecule has 0 atom stereocenters. The normalized spacial score (nSPS) is 18.1. The van der Waals surface area contributed by atoms with Crippen LogP contribution < -0.4 is 5.56 Å². The van der Waals surface area contributed by atoms with Crippen LogP contribution in [0.2, 0.25) is 0 Å². The number of carbonyl (C=O) groups excluding carboxylic acids is 1. The highest BCUT2D eigenvalue weighted by molar-refractivity contribution is 5.97. The minimum absolute atomic E-state index is 0.00556. The number of pyridine rings is 1. The third-order valence-electron chi connectivity index (χ3n) is 4.24. The second-order valence-electron chi connectivity index (χ2n) is 5.67. The molecule has 0 spiro atoms. The Morgan fingerprint density at radius 1 is 1.15 bits per heavy atom. The number of likely N-dealkylation sites (tertiary alicyclic amines) is 1. The maximum Gasteiger partial charge on any atom is 0.270 e. The summed E-state index contributed by atoms with van der Waals surface area (Å²) in [6, 6.07) is 9.62. The van der Waals surface area contributed by atoms with Crippen molar-refractivity contribution < 1.29 is 4.79 Å². The number of fused-ring (bicyclic) bond motifs is 1. The first-order chi connectivity index (χ1) is 9.75. The molecule has 1 amide bonds. The summed E-state index contributed by atoms with van der Waals surface area (Å²) in [6.45, 7) is 1.62. The minimum atomic E-state index is -0.0190. The maximum atomic E-state index is 12.7. The molecule has 1 saturated heterocycles. The van der Waals surface area contributed by atoms with Crippen LogP contribution in [0.5, 0.6) is 0 Å². The van der Waals surface area contributed by atoms with Gasteiger partial charge in [0.15, 0.2) is 0 Å².